The normalized spacial score (nSPS) is 13.6. The molecule has 5 N–H and O–H groups in total. The molecule has 0 fully saturated rings. The number of aromatic nitrogens is 1. The summed E-state index contributed by atoms with van der Waals surface area (Å²) in [6.07, 6.45) is 0. The summed E-state index contributed by atoms with van der Waals surface area (Å²) in [5.41, 5.74) is 5.71. The van der Waals surface area contributed by atoms with Crippen molar-refractivity contribution in [1.82, 2.24) is 10.3 Å². The standard InChI is InChI=1S/C11H18N4O4S/c1-6(9(16)13-3-4-19-2)14-11-15-7(5-20-11)8(12)10(17)18/h5-6,8H,3-4,12H2,1-2H3,(H,13,16)(H,14,15)(H,17,18). The Bertz CT molecular complexity index is 465. The van der Waals surface area contributed by atoms with Gasteiger partial charge in [0, 0.05) is 19.0 Å². The van der Waals surface area contributed by atoms with E-state index in [-0.39, 0.29) is 11.6 Å². The Morgan fingerprint density at radius 2 is 2.30 bits per heavy atom. The molecule has 2 unspecified atom stereocenters. The van der Waals surface area contributed by atoms with E-state index in [0.29, 0.717) is 18.3 Å². The number of nitrogens with two attached hydrogens (primary N) is 1. The Hall–Kier alpha value is -1.71. The lowest BCUT2D eigenvalue weighted by molar-refractivity contribution is -0.138. The van der Waals surface area contributed by atoms with Crippen LogP contribution in [0.2, 0.25) is 0 Å². The van der Waals surface area contributed by atoms with Crippen molar-refractivity contribution < 1.29 is 19.4 Å². The minimum Gasteiger partial charge on any atom is -0.480 e. The molecule has 0 radical (unpaired) electrons. The van der Waals surface area contributed by atoms with Gasteiger partial charge in [-0.15, -0.1) is 11.3 Å². The first-order chi connectivity index (χ1) is 9.45. The van der Waals surface area contributed by atoms with Gasteiger partial charge in [-0.3, -0.25) is 9.59 Å². The summed E-state index contributed by atoms with van der Waals surface area (Å²) >= 11 is 1.20. The highest BCUT2D eigenvalue weighted by Crippen LogP contribution is 2.20. The molecule has 112 valence electrons. The third-order valence-corrected chi connectivity index (χ3v) is 3.24. The van der Waals surface area contributed by atoms with E-state index in [2.05, 4.69) is 15.6 Å². The Kier molecular flexibility index (Phi) is 6.36. The smallest absolute Gasteiger partial charge is 0.326 e. The van der Waals surface area contributed by atoms with Crippen molar-refractivity contribution in [3.05, 3.63) is 11.1 Å². The van der Waals surface area contributed by atoms with Crippen LogP contribution < -0.4 is 16.4 Å². The van der Waals surface area contributed by atoms with E-state index >= 15 is 0 Å². The summed E-state index contributed by atoms with van der Waals surface area (Å²) in [6.45, 7) is 2.54. The number of anilines is 1. The largest absolute Gasteiger partial charge is 0.480 e. The highest BCUT2D eigenvalue weighted by atomic mass is 32.1. The molecule has 0 saturated heterocycles. The third-order valence-electron chi connectivity index (χ3n) is 2.45. The monoisotopic (exact) mass is 302 g/mol. The molecule has 1 heterocycles. The molecule has 0 aromatic carbocycles. The Morgan fingerprint density at radius 1 is 1.60 bits per heavy atom. The molecule has 0 aliphatic heterocycles. The molecule has 8 nitrogen and oxygen atoms in total. The molecule has 0 bridgehead atoms. The number of hydrogen-bond donors (Lipinski definition) is 4. The van der Waals surface area contributed by atoms with E-state index in [1.54, 1.807) is 19.4 Å². The second-order valence-electron chi connectivity index (χ2n) is 4.04. The zero-order chi connectivity index (χ0) is 15.1. The Balaban J connectivity index is 2.52. The lowest BCUT2D eigenvalue weighted by atomic mass is 10.2. The van der Waals surface area contributed by atoms with Gasteiger partial charge in [0.25, 0.3) is 0 Å². The fraction of sp³-hybridized carbons (Fsp3) is 0.545. The van der Waals surface area contributed by atoms with Crippen LogP contribution in [-0.2, 0) is 14.3 Å². The summed E-state index contributed by atoms with van der Waals surface area (Å²) in [7, 11) is 1.55. The number of methoxy groups -OCH3 is 1. The van der Waals surface area contributed by atoms with Gasteiger partial charge < -0.3 is 26.2 Å². The number of thiazole rings is 1. The summed E-state index contributed by atoms with van der Waals surface area (Å²) < 4.78 is 4.83. The Morgan fingerprint density at radius 3 is 2.90 bits per heavy atom. The molecule has 2 atom stereocenters. The number of ether oxygens (including phenoxy) is 1. The molecule has 20 heavy (non-hydrogen) atoms. The maximum absolute atomic E-state index is 11.7. The van der Waals surface area contributed by atoms with E-state index in [1.165, 1.54) is 11.3 Å². The molecule has 1 rings (SSSR count). The van der Waals surface area contributed by atoms with Gasteiger partial charge in [-0.05, 0) is 6.92 Å². The second-order valence-corrected chi connectivity index (χ2v) is 4.90. The summed E-state index contributed by atoms with van der Waals surface area (Å²) in [4.78, 5) is 26.5. The summed E-state index contributed by atoms with van der Waals surface area (Å²) in [5.74, 6) is -1.34. The lowest BCUT2D eigenvalue weighted by Gasteiger charge is -2.12. The molecule has 0 saturated carbocycles. The van der Waals surface area contributed by atoms with Gasteiger partial charge in [0.15, 0.2) is 5.13 Å². The molecule has 1 aromatic rings. The van der Waals surface area contributed by atoms with E-state index < -0.39 is 18.1 Å². The van der Waals surface area contributed by atoms with Crippen molar-refractivity contribution in [3.8, 4) is 0 Å². The van der Waals surface area contributed by atoms with Crippen LogP contribution in [0.1, 0.15) is 18.7 Å². The molecular weight excluding hydrogens is 284 g/mol. The number of carboxylic acids is 1. The van der Waals surface area contributed by atoms with Crippen molar-refractivity contribution in [1.29, 1.82) is 0 Å². The predicted molar refractivity (Wildman–Crippen MR) is 74.6 cm³/mol. The highest BCUT2D eigenvalue weighted by molar-refractivity contribution is 7.13. The first-order valence-electron chi connectivity index (χ1n) is 5.92. The van der Waals surface area contributed by atoms with Gasteiger partial charge in [-0.25, -0.2) is 4.98 Å². The van der Waals surface area contributed by atoms with E-state index in [9.17, 15) is 9.59 Å². The van der Waals surface area contributed by atoms with Crippen molar-refractivity contribution in [2.75, 3.05) is 25.6 Å². The minimum absolute atomic E-state index is 0.193. The van der Waals surface area contributed by atoms with Crippen molar-refractivity contribution in [3.63, 3.8) is 0 Å². The fourth-order valence-corrected chi connectivity index (χ4v) is 2.14. The van der Waals surface area contributed by atoms with E-state index in [1.807, 2.05) is 0 Å². The van der Waals surface area contributed by atoms with Gasteiger partial charge >= 0.3 is 5.97 Å². The maximum atomic E-state index is 11.7. The zero-order valence-corrected chi connectivity index (χ0v) is 12.1. The highest BCUT2D eigenvalue weighted by Gasteiger charge is 2.19. The van der Waals surface area contributed by atoms with Crippen LogP contribution in [0.4, 0.5) is 5.13 Å². The van der Waals surface area contributed by atoms with Crippen LogP contribution in [0.15, 0.2) is 5.38 Å². The molecule has 1 aromatic heterocycles. The summed E-state index contributed by atoms with van der Waals surface area (Å²) in [6, 6.07) is -1.65. The number of aliphatic carboxylic acids is 1. The molecule has 1 amide bonds. The fourth-order valence-electron chi connectivity index (χ4n) is 1.30. The van der Waals surface area contributed by atoms with Crippen LogP contribution in [-0.4, -0.2) is 48.3 Å². The van der Waals surface area contributed by atoms with Gasteiger partial charge in [0.2, 0.25) is 5.91 Å². The number of nitrogens with zero attached hydrogens (tertiary/aromatic N) is 1. The number of rotatable bonds is 8. The van der Waals surface area contributed by atoms with Crippen molar-refractivity contribution in [2.24, 2.45) is 5.73 Å². The van der Waals surface area contributed by atoms with Crippen molar-refractivity contribution in [2.45, 2.75) is 19.0 Å². The quantitative estimate of drug-likeness (QED) is 0.489. The van der Waals surface area contributed by atoms with Crippen LogP contribution in [0.5, 0.6) is 0 Å². The van der Waals surface area contributed by atoms with Crippen molar-refractivity contribution >= 4 is 28.3 Å². The topological polar surface area (TPSA) is 127 Å². The predicted octanol–water partition coefficient (Wildman–Crippen LogP) is -0.209. The zero-order valence-electron chi connectivity index (χ0n) is 11.3. The van der Waals surface area contributed by atoms with E-state index in [4.69, 9.17) is 15.6 Å². The minimum atomic E-state index is -1.16. The van der Waals surface area contributed by atoms with Gasteiger partial charge in [-0.1, -0.05) is 0 Å². The van der Waals surface area contributed by atoms with Gasteiger partial charge in [-0.2, -0.15) is 0 Å². The lowest BCUT2D eigenvalue weighted by Crippen LogP contribution is -2.39. The average Bonchev–Trinajstić information content (AvgIpc) is 2.86. The first kappa shape index (κ1) is 16.3. The van der Waals surface area contributed by atoms with Crippen LogP contribution in [0, 0.1) is 0 Å². The first-order valence-corrected chi connectivity index (χ1v) is 6.80. The molecule has 0 aliphatic rings. The van der Waals surface area contributed by atoms with E-state index in [0.717, 1.165) is 0 Å². The number of hydrogen-bond acceptors (Lipinski definition) is 7. The van der Waals surface area contributed by atoms with Crippen LogP contribution >= 0.6 is 11.3 Å². The third kappa shape index (κ3) is 4.76. The van der Waals surface area contributed by atoms with Crippen LogP contribution in [0.25, 0.3) is 0 Å². The number of carboxylic acid groups (broad SMARTS) is 1. The number of amides is 1. The van der Waals surface area contributed by atoms with Gasteiger partial charge in [0.05, 0.1) is 12.3 Å². The van der Waals surface area contributed by atoms with Gasteiger partial charge in [0.1, 0.15) is 12.1 Å². The Labute approximate surface area is 120 Å². The molecule has 9 heteroatoms. The number of carbonyl (C=O) groups is 2. The maximum Gasteiger partial charge on any atom is 0.326 e. The number of nitrogens with one attached hydrogen (secondary N) is 2. The van der Waals surface area contributed by atoms with Crippen LogP contribution in [0.3, 0.4) is 0 Å². The SMILES string of the molecule is COCCNC(=O)C(C)Nc1nc(C(N)C(=O)O)cs1. The molecular formula is C11H18N4O4S. The summed E-state index contributed by atoms with van der Waals surface area (Å²) in [5, 5.41) is 16.4. The molecule has 0 spiro atoms. The molecule has 0 aliphatic carbocycles. The number of carbonyl (C=O) groups excluding carboxylic acids is 1. The average molecular weight is 302 g/mol. The second kappa shape index (κ2) is 7.78.